The van der Waals surface area contributed by atoms with E-state index in [-0.39, 0.29) is 6.04 Å². The van der Waals surface area contributed by atoms with Crippen molar-refractivity contribution in [1.29, 1.82) is 0 Å². The Morgan fingerprint density at radius 1 is 1.00 bits per heavy atom. The Kier molecular flexibility index (Phi) is 3.66. The first-order valence-electron chi connectivity index (χ1n) is 6.72. The summed E-state index contributed by atoms with van der Waals surface area (Å²) in [4.78, 5) is 5.55. The van der Waals surface area contributed by atoms with Crippen LogP contribution < -0.4 is 5.06 Å². The molecule has 2 aromatic rings. The lowest BCUT2D eigenvalue weighted by Crippen LogP contribution is -2.33. The van der Waals surface area contributed by atoms with Crippen molar-refractivity contribution < 1.29 is 4.84 Å². The van der Waals surface area contributed by atoms with Crippen LogP contribution in [-0.2, 0) is 4.84 Å². The molecule has 0 bridgehead atoms. The molecule has 2 aromatic carbocycles. The van der Waals surface area contributed by atoms with Gasteiger partial charge in [0.25, 0.3) is 0 Å². The number of fused-ring (bicyclic) bond motifs is 1. The standard InChI is InChI=1S/C18H17NO/c1-20-19-17(13-11-15-7-3-2-4-8-15)14-12-16-9-5-6-10-18(16)19/h2-14,17H,1H3. The van der Waals surface area contributed by atoms with Gasteiger partial charge in [0.1, 0.15) is 0 Å². The highest BCUT2D eigenvalue weighted by Gasteiger charge is 2.19. The average molecular weight is 263 g/mol. The molecule has 0 radical (unpaired) electrons. The van der Waals surface area contributed by atoms with Crippen molar-refractivity contribution in [2.45, 2.75) is 6.04 Å². The number of nitrogens with zero attached hydrogens (tertiary/aromatic N) is 1. The predicted octanol–water partition coefficient (Wildman–Crippen LogP) is 4.16. The molecule has 1 atom stereocenters. The summed E-state index contributed by atoms with van der Waals surface area (Å²) in [7, 11) is 1.71. The number of benzene rings is 2. The van der Waals surface area contributed by atoms with Crippen LogP contribution in [0.1, 0.15) is 11.1 Å². The zero-order chi connectivity index (χ0) is 13.8. The van der Waals surface area contributed by atoms with Crippen LogP contribution in [0.3, 0.4) is 0 Å². The zero-order valence-electron chi connectivity index (χ0n) is 11.4. The molecule has 0 amide bonds. The number of para-hydroxylation sites is 1. The summed E-state index contributed by atoms with van der Waals surface area (Å²) in [6.07, 6.45) is 8.55. The van der Waals surface area contributed by atoms with Crippen LogP contribution in [0, 0.1) is 0 Å². The van der Waals surface area contributed by atoms with Crippen LogP contribution in [0.15, 0.2) is 66.7 Å². The third-order valence-electron chi connectivity index (χ3n) is 3.40. The van der Waals surface area contributed by atoms with Crippen molar-refractivity contribution in [3.8, 4) is 0 Å². The third-order valence-corrected chi connectivity index (χ3v) is 3.40. The van der Waals surface area contributed by atoms with E-state index < -0.39 is 0 Å². The molecule has 1 aliphatic heterocycles. The summed E-state index contributed by atoms with van der Waals surface area (Å²) in [6.45, 7) is 0. The molecule has 2 nitrogen and oxygen atoms in total. The van der Waals surface area contributed by atoms with Gasteiger partial charge in [-0.25, -0.2) is 5.06 Å². The van der Waals surface area contributed by atoms with Crippen molar-refractivity contribution >= 4 is 17.8 Å². The molecule has 1 heterocycles. The van der Waals surface area contributed by atoms with E-state index >= 15 is 0 Å². The molecule has 0 saturated carbocycles. The molecule has 0 aliphatic carbocycles. The summed E-state index contributed by atoms with van der Waals surface area (Å²) in [5.41, 5.74) is 3.47. The number of anilines is 1. The maximum absolute atomic E-state index is 5.55. The molecule has 0 fully saturated rings. The number of hydrogen-bond donors (Lipinski definition) is 0. The Bertz CT molecular complexity index is 631. The molecular weight excluding hydrogens is 246 g/mol. The van der Waals surface area contributed by atoms with E-state index in [1.54, 1.807) is 7.11 Å². The Morgan fingerprint density at radius 2 is 1.75 bits per heavy atom. The second kappa shape index (κ2) is 5.76. The maximum Gasteiger partial charge on any atom is 0.0933 e. The molecule has 3 rings (SSSR count). The molecule has 1 unspecified atom stereocenters. The topological polar surface area (TPSA) is 12.5 Å². The minimum absolute atomic E-state index is 0.107. The fourth-order valence-corrected chi connectivity index (χ4v) is 2.41. The molecule has 2 heteroatoms. The Morgan fingerprint density at radius 3 is 2.55 bits per heavy atom. The predicted molar refractivity (Wildman–Crippen MR) is 84.2 cm³/mol. The summed E-state index contributed by atoms with van der Waals surface area (Å²) < 4.78 is 0. The summed E-state index contributed by atoms with van der Waals surface area (Å²) in [5, 5.41) is 1.93. The van der Waals surface area contributed by atoms with Crippen molar-refractivity contribution in [3.05, 3.63) is 77.9 Å². The van der Waals surface area contributed by atoms with Crippen LogP contribution in [0.2, 0.25) is 0 Å². The Labute approximate surface area is 119 Å². The van der Waals surface area contributed by atoms with Crippen LogP contribution >= 0.6 is 0 Å². The highest BCUT2D eigenvalue weighted by Crippen LogP contribution is 2.29. The molecule has 1 aliphatic rings. The molecule has 20 heavy (non-hydrogen) atoms. The van der Waals surface area contributed by atoms with E-state index in [9.17, 15) is 0 Å². The summed E-state index contributed by atoms with van der Waals surface area (Å²) in [5.74, 6) is 0. The maximum atomic E-state index is 5.55. The van der Waals surface area contributed by atoms with Gasteiger partial charge in [-0.05, 0) is 17.2 Å². The van der Waals surface area contributed by atoms with Crippen LogP contribution in [0.5, 0.6) is 0 Å². The molecular formula is C18H17NO. The van der Waals surface area contributed by atoms with Gasteiger partial charge >= 0.3 is 0 Å². The van der Waals surface area contributed by atoms with Crippen LogP contribution in [0.25, 0.3) is 12.2 Å². The minimum Gasteiger partial charge on any atom is -0.276 e. The van der Waals surface area contributed by atoms with Crippen molar-refractivity contribution in [1.82, 2.24) is 0 Å². The first kappa shape index (κ1) is 12.7. The van der Waals surface area contributed by atoms with Crippen molar-refractivity contribution in [2.75, 3.05) is 12.2 Å². The van der Waals surface area contributed by atoms with E-state index in [4.69, 9.17) is 4.84 Å². The second-order valence-corrected chi connectivity index (χ2v) is 4.69. The Balaban J connectivity index is 1.87. The number of hydroxylamine groups is 1. The lowest BCUT2D eigenvalue weighted by Gasteiger charge is -2.31. The monoisotopic (exact) mass is 263 g/mol. The fraction of sp³-hybridized carbons (Fsp3) is 0.111. The minimum atomic E-state index is 0.107. The first-order chi connectivity index (χ1) is 9.88. The molecule has 0 spiro atoms. The molecule has 0 aromatic heterocycles. The fourth-order valence-electron chi connectivity index (χ4n) is 2.41. The lowest BCUT2D eigenvalue weighted by atomic mass is 10.0. The summed E-state index contributed by atoms with van der Waals surface area (Å²) >= 11 is 0. The zero-order valence-corrected chi connectivity index (χ0v) is 11.4. The SMILES string of the molecule is CON1c2ccccc2C=CC1C=Cc1ccccc1. The molecule has 0 saturated heterocycles. The van der Waals surface area contributed by atoms with E-state index in [1.165, 1.54) is 11.1 Å². The number of hydrogen-bond acceptors (Lipinski definition) is 2. The highest BCUT2D eigenvalue weighted by atomic mass is 16.7. The number of rotatable bonds is 3. The van der Waals surface area contributed by atoms with Gasteiger partial charge in [0, 0.05) is 0 Å². The van der Waals surface area contributed by atoms with Gasteiger partial charge in [0.05, 0.1) is 18.8 Å². The van der Waals surface area contributed by atoms with E-state index in [1.807, 2.05) is 35.4 Å². The molecule has 100 valence electrons. The quantitative estimate of drug-likeness (QED) is 0.824. The van der Waals surface area contributed by atoms with E-state index in [2.05, 4.69) is 48.6 Å². The second-order valence-electron chi connectivity index (χ2n) is 4.69. The lowest BCUT2D eigenvalue weighted by molar-refractivity contribution is 0.160. The normalized spacial score (nSPS) is 17.4. The van der Waals surface area contributed by atoms with Gasteiger partial charge in [-0.2, -0.15) is 0 Å². The highest BCUT2D eigenvalue weighted by molar-refractivity contribution is 5.72. The third kappa shape index (κ3) is 2.51. The molecule has 0 N–H and O–H groups in total. The van der Waals surface area contributed by atoms with Gasteiger partial charge in [-0.3, -0.25) is 4.84 Å². The van der Waals surface area contributed by atoms with Crippen LogP contribution in [0.4, 0.5) is 5.69 Å². The largest absolute Gasteiger partial charge is 0.276 e. The average Bonchev–Trinajstić information content (AvgIpc) is 2.53. The van der Waals surface area contributed by atoms with E-state index in [0.717, 1.165) is 5.69 Å². The van der Waals surface area contributed by atoms with Gasteiger partial charge in [-0.1, -0.05) is 72.8 Å². The van der Waals surface area contributed by atoms with Crippen molar-refractivity contribution in [3.63, 3.8) is 0 Å². The van der Waals surface area contributed by atoms with Crippen molar-refractivity contribution in [2.24, 2.45) is 0 Å². The van der Waals surface area contributed by atoms with Gasteiger partial charge < -0.3 is 0 Å². The van der Waals surface area contributed by atoms with Gasteiger partial charge in [0.2, 0.25) is 0 Å². The van der Waals surface area contributed by atoms with Gasteiger partial charge in [0.15, 0.2) is 0 Å². The smallest absolute Gasteiger partial charge is 0.0933 e. The van der Waals surface area contributed by atoms with Crippen LogP contribution in [-0.4, -0.2) is 13.2 Å². The Hall–Kier alpha value is -2.32. The van der Waals surface area contributed by atoms with E-state index in [0.29, 0.717) is 0 Å². The summed E-state index contributed by atoms with van der Waals surface area (Å²) in [6, 6.07) is 18.6. The van der Waals surface area contributed by atoms with Gasteiger partial charge in [-0.15, -0.1) is 0 Å². The first-order valence-corrected chi connectivity index (χ1v) is 6.72.